The zero-order valence-electron chi connectivity index (χ0n) is 14.5. The molecule has 2 aliphatic heterocycles. The highest BCUT2D eigenvalue weighted by atomic mass is 16.5. The molecular weight excluding hydrogens is 320 g/mol. The summed E-state index contributed by atoms with van der Waals surface area (Å²) >= 11 is 0. The van der Waals surface area contributed by atoms with E-state index >= 15 is 0 Å². The van der Waals surface area contributed by atoms with Gasteiger partial charge in [0.15, 0.2) is 0 Å². The number of hydrogen-bond donors (Lipinski definition) is 0. The molecule has 4 rings (SSSR count). The molecule has 0 radical (unpaired) electrons. The number of fused-ring (bicyclic) bond motifs is 1. The van der Waals surface area contributed by atoms with Gasteiger partial charge in [-0.2, -0.15) is 0 Å². The summed E-state index contributed by atoms with van der Waals surface area (Å²) in [6.45, 7) is 5.29. The van der Waals surface area contributed by atoms with E-state index in [1.807, 2.05) is 4.90 Å². The lowest BCUT2D eigenvalue weighted by molar-refractivity contribution is -0.106. The summed E-state index contributed by atoms with van der Waals surface area (Å²) in [5.41, 5.74) is 0.404. The van der Waals surface area contributed by atoms with Crippen LogP contribution in [0.15, 0.2) is 18.6 Å². The lowest BCUT2D eigenvalue weighted by atomic mass is 10.1. The molecular formula is C18H26N4O3. The minimum atomic E-state index is -0.0517. The van der Waals surface area contributed by atoms with Gasteiger partial charge >= 0.3 is 0 Å². The Morgan fingerprint density at radius 1 is 1.24 bits per heavy atom. The van der Waals surface area contributed by atoms with Gasteiger partial charge in [-0.15, -0.1) is 0 Å². The summed E-state index contributed by atoms with van der Waals surface area (Å²) < 4.78 is 12.1. The molecule has 3 atom stereocenters. The molecule has 1 aromatic heterocycles. The number of hydrogen-bond acceptors (Lipinski definition) is 6. The maximum Gasteiger partial charge on any atom is 0.274 e. The molecule has 0 unspecified atom stereocenters. The van der Waals surface area contributed by atoms with Crippen LogP contribution in [0.25, 0.3) is 0 Å². The van der Waals surface area contributed by atoms with Gasteiger partial charge in [0, 0.05) is 25.5 Å². The highest BCUT2D eigenvalue weighted by molar-refractivity contribution is 5.92. The van der Waals surface area contributed by atoms with E-state index in [9.17, 15) is 4.79 Å². The molecule has 7 heteroatoms. The van der Waals surface area contributed by atoms with Crippen molar-refractivity contribution < 1.29 is 14.3 Å². The van der Waals surface area contributed by atoms with Crippen LogP contribution in [-0.4, -0.2) is 83.3 Å². The number of rotatable bonds is 5. The Morgan fingerprint density at radius 3 is 2.92 bits per heavy atom. The molecule has 136 valence electrons. The lowest BCUT2D eigenvalue weighted by Crippen LogP contribution is -2.54. The number of amides is 1. The van der Waals surface area contributed by atoms with Gasteiger partial charge in [0.05, 0.1) is 31.6 Å². The van der Waals surface area contributed by atoms with Crippen LogP contribution in [0.2, 0.25) is 0 Å². The van der Waals surface area contributed by atoms with Crippen molar-refractivity contribution in [2.24, 2.45) is 0 Å². The number of carbonyl (C=O) groups excluding carboxylic acids is 1. The molecule has 0 aromatic carbocycles. The quantitative estimate of drug-likeness (QED) is 0.791. The number of carbonyl (C=O) groups is 1. The summed E-state index contributed by atoms with van der Waals surface area (Å²) in [4.78, 5) is 25.3. The smallest absolute Gasteiger partial charge is 0.274 e. The molecule has 1 aromatic rings. The molecule has 1 aliphatic carbocycles. The number of morpholine rings is 1. The van der Waals surface area contributed by atoms with Crippen LogP contribution in [-0.2, 0) is 9.47 Å². The first-order valence-corrected chi connectivity index (χ1v) is 9.35. The fraction of sp³-hybridized carbons (Fsp3) is 0.722. The van der Waals surface area contributed by atoms with Gasteiger partial charge < -0.3 is 19.3 Å². The number of aromatic nitrogens is 2. The second kappa shape index (κ2) is 7.76. The Morgan fingerprint density at radius 2 is 2.12 bits per heavy atom. The highest BCUT2D eigenvalue weighted by Crippen LogP contribution is 2.32. The zero-order valence-corrected chi connectivity index (χ0v) is 14.5. The number of ether oxygens (including phenoxy) is 2. The van der Waals surface area contributed by atoms with Gasteiger partial charge in [-0.3, -0.25) is 9.78 Å². The second-order valence-corrected chi connectivity index (χ2v) is 7.03. The monoisotopic (exact) mass is 346 g/mol. The minimum absolute atomic E-state index is 0.0204. The third kappa shape index (κ3) is 3.68. The Hall–Kier alpha value is -1.57. The average Bonchev–Trinajstić information content (AvgIpc) is 3.32. The van der Waals surface area contributed by atoms with E-state index in [1.165, 1.54) is 32.1 Å². The van der Waals surface area contributed by atoms with Crippen molar-refractivity contribution in [2.45, 2.75) is 43.9 Å². The van der Waals surface area contributed by atoms with E-state index in [2.05, 4.69) is 14.9 Å². The Labute approximate surface area is 148 Å². The molecule has 0 N–H and O–H groups in total. The largest absolute Gasteiger partial charge is 0.374 e. The molecule has 0 spiro atoms. The van der Waals surface area contributed by atoms with Crippen LogP contribution in [0.1, 0.15) is 36.2 Å². The predicted octanol–water partition coefficient (Wildman–Crippen LogP) is 0.961. The average molecular weight is 346 g/mol. The van der Waals surface area contributed by atoms with Crippen LogP contribution >= 0.6 is 0 Å². The van der Waals surface area contributed by atoms with Crippen LogP contribution in [0.3, 0.4) is 0 Å². The molecule has 7 nitrogen and oxygen atoms in total. The summed E-state index contributed by atoms with van der Waals surface area (Å²) in [5, 5.41) is 0. The maximum atomic E-state index is 12.8. The van der Waals surface area contributed by atoms with Crippen molar-refractivity contribution in [3.05, 3.63) is 24.3 Å². The standard InChI is InChI=1S/C18H26N4O3/c23-18(14-13-19-5-6-20-14)22-10-12-25-17-15(22)3-4-16(17)24-11-9-21-7-1-2-8-21/h5-6,13,15-17H,1-4,7-12H2/t15-,16+,17+/m0/s1. The van der Waals surface area contributed by atoms with E-state index in [0.717, 1.165) is 26.0 Å². The van der Waals surface area contributed by atoms with E-state index in [4.69, 9.17) is 9.47 Å². The van der Waals surface area contributed by atoms with Gasteiger partial charge in [0.2, 0.25) is 0 Å². The third-order valence-corrected chi connectivity index (χ3v) is 5.52. The molecule has 3 aliphatic rings. The van der Waals surface area contributed by atoms with Crippen LogP contribution in [0.5, 0.6) is 0 Å². The predicted molar refractivity (Wildman–Crippen MR) is 91.2 cm³/mol. The van der Waals surface area contributed by atoms with Crippen molar-refractivity contribution in [3.63, 3.8) is 0 Å². The fourth-order valence-corrected chi connectivity index (χ4v) is 4.24. The normalized spacial score (nSPS) is 29.8. The van der Waals surface area contributed by atoms with Crippen LogP contribution < -0.4 is 0 Å². The number of nitrogens with zero attached hydrogens (tertiary/aromatic N) is 4. The van der Waals surface area contributed by atoms with Crippen molar-refractivity contribution in [2.75, 3.05) is 39.4 Å². The van der Waals surface area contributed by atoms with E-state index in [0.29, 0.717) is 18.8 Å². The van der Waals surface area contributed by atoms with Crippen molar-refractivity contribution in [1.82, 2.24) is 19.8 Å². The number of likely N-dealkylation sites (tertiary alicyclic amines) is 1. The van der Waals surface area contributed by atoms with Crippen LogP contribution in [0, 0.1) is 0 Å². The molecule has 3 heterocycles. The summed E-state index contributed by atoms with van der Waals surface area (Å²) in [7, 11) is 0. The van der Waals surface area contributed by atoms with Crippen molar-refractivity contribution >= 4 is 5.91 Å². The summed E-state index contributed by atoms with van der Waals surface area (Å²) in [6, 6.07) is 0.0834. The van der Waals surface area contributed by atoms with Crippen molar-refractivity contribution in [1.29, 1.82) is 0 Å². The van der Waals surface area contributed by atoms with E-state index in [1.54, 1.807) is 12.4 Å². The van der Waals surface area contributed by atoms with Crippen LogP contribution in [0.4, 0.5) is 0 Å². The first-order chi connectivity index (χ1) is 12.3. The summed E-state index contributed by atoms with van der Waals surface area (Å²) in [6.07, 6.45) is 9.21. The lowest BCUT2D eigenvalue weighted by Gasteiger charge is -2.38. The third-order valence-electron chi connectivity index (χ3n) is 5.52. The first kappa shape index (κ1) is 16.9. The fourth-order valence-electron chi connectivity index (χ4n) is 4.24. The maximum absolute atomic E-state index is 12.8. The first-order valence-electron chi connectivity index (χ1n) is 9.35. The second-order valence-electron chi connectivity index (χ2n) is 7.03. The van der Waals surface area contributed by atoms with Crippen molar-refractivity contribution in [3.8, 4) is 0 Å². The zero-order chi connectivity index (χ0) is 17.1. The van der Waals surface area contributed by atoms with Gasteiger partial charge in [0.25, 0.3) is 5.91 Å². The molecule has 1 amide bonds. The SMILES string of the molecule is O=C(c1cnccn1)N1CCO[C@H]2[C@H](OCCN3CCCC3)CC[C@@H]21. The minimum Gasteiger partial charge on any atom is -0.374 e. The molecule has 3 fully saturated rings. The molecule has 2 saturated heterocycles. The van der Waals surface area contributed by atoms with E-state index in [-0.39, 0.29) is 24.2 Å². The molecule has 1 saturated carbocycles. The van der Waals surface area contributed by atoms with Gasteiger partial charge in [-0.1, -0.05) is 0 Å². The summed E-state index contributed by atoms with van der Waals surface area (Å²) in [5.74, 6) is -0.0517. The topological polar surface area (TPSA) is 67.8 Å². The molecule has 0 bridgehead atoms. The van der Waals surface area contributed by atoms with Gasteiger partial charge in [0.1, 0.15) is 11.8 Å². The Bertz CT molecular complexity index is 579. The van der Waals surface area contributed by atoms with E-state index < -0.39 is 0 Å². The Kier molecular flexibility index (Phi) is 5.24. The van der Waals surface area contributed by atoms with Gasteiger partial charge in [-0.05, 0) is 38.8 Å². The Balaban J connectivity index is 1.34. The highest BCUT2D eigenvalue weighted by Gasteiger charge is 2.45. The molecule has 25 heavy (non-hydrogen) atoms. The van der Waals surface area contributed by atoms with Gasteiger partial charge in [-0.25, -0.2) is 4.98 Å².